The third-order valence-corrected chi connectivity index (χ3v) is 3.45. The average molecular weight is 184 g/mol. The van der Waals surface area contributed by atoms with Crippen molar-refractivity contribution >= 4 is 5.78 Å². The van der Waals surface area contributed by atoms with Crippen LogP contribution in [-0.4, -0.2) is 18.5 Å². The molecule has 0 aromatic carbocycles. The predicted molar refractivity (Wildman–Crippen MR) is 52.6 cm³/mol. The molecule has 76 valence electrons. The van der Waals surface area contributed by atoms with Crippen LogP contribution in [0.5, 0.6) is 0 Å². The van der Waals surface area contributed by atoms with Crippen molar-refractivity contribution in [2.45, 2.75) is 45.6 Å². The Bertz CT molecular complexity index is 196. The maximum absolute atomic E-state index is 11.5. The van der Waals surface area contributed by atoms with Crippen molar-refractivity contribution < 1.29 is 9.53 Å². The van der Waals surface area contributed by atoms with E-state index in [4.69, 9.17) is 4.74 Å². The highest BCUT2D eigenvalue weighted by atomic mass is 16.5. The highest BCUT2D eigenvalue weighted by Gasteiger charge is 2.35. The molecule has 0 spiro atoms. The van der Waals surface area contributed by atoms with Crippen LogP contribution < -0.4 is 0 Å². The Hall–Kier alpha value is -0.370. The molecule has 1 saturated carbocycles. The van der Waals surface area contributed by atoms with Crippen molar-refractivity contribution in [2.75, 3.05) is 7.11 Å². The number of ether oxygens (including phenoxy) is 1. The monoisotopic (exact) mass is 184 g/mol. The van der Waals surface area contributed by atoms with Crippen molar-refractivity contribution in [2.24, 2.45) is 11.8 Å². The third kappa shape index (κ3) is 2.31. The maximum Gasteiger partial charge on any atom is 0.136 e. The fourth-order valence-corrected chi connectivity index (χ4v) is 1.92. The van der Waals surface area contributed by atoms with Crippen LogP contribution >= 0.6 is 0 Å². The number of carbonyl (C=O) groups is 1. The van der Waals surface area contributed by atoms with Crippen LogP contribution in [0.1, 0.15) is 40.0 Å². The molecule has 13 heavy (non-hydrogen) atoms. The molecule has 2 atom stereocenters. The molecule has 0 aliphatic heterocycles. The van der Waals surface area contributed by atoms with E-state index in [0.717, 1.165) is 12.8 Å². The minimum atomic E-state index is -0.143. The van der Waals surface area contributed by atoms with Crippen LogP contribution in [0, 0.1) is 11.8 Å². The zero-order valence-corrected chi connectivity index (χ0v) is 9.09. The van der Waals surface area contributed by atoms with Crippen molar-refractivity contribution in [3.05, 3.63) is 0 Å². The molecular formula is C11H20O2. The first-order valence-corrected chi connectivity index (χ1v) is 5.05. The molecule has 0 aromatic rings. The van der Waals surface area contributed by atoms with Gasteiger partial charge in [-0.05, 0) is 32.6 Å². The highest BCUT2D eigenvalue weighted by molar-refractivity contribution is 5.81. The summed E-state index contributed by atoms with van der Waals surface area (Å²) < 4.78 is 5.41. The normalized spacial score (nSPS) is 30.6. The fourth-order valence-electron chi connectivity index (χ4n) is 1.92. The van der Waals surface area contributed by atoms with Crippen LogP contribution in [-0.2, 0) is 9.53 Å². The van der Waals surface area contributed by atoms with Gasteiger partial charge in [-0.3, -0.25) is 4.79 Å². The van der Waals surface area contributed by atoms with Crippen LogP contribution in [0.25, 0.3) is 0 Å². The number of rotatable bonds is 2. The van der Waals surface area contributed by atoms with Gasteiger partial charge in [-0.25, -0.2) is 0 Å². The summed E-state index contributed by atoms with van der Waals surface area (Å²) in [5, 5.41) is 0. The largest absolute Gasteiger partial charge is 0.379 e. The topological polar surface area (TPSA) is 26.3 Å². The van der Waals surface area contributed by atoms with Crippen molar-refractivity contribution in [3.63, 3.8) is 0 Å². The molecule has 0 bridgehead atoms. The Morgan fingerprint density at radius 2 is 2.00 bits per heavy atom. The first-order valence-electron chi connectivity index (χ1n) is 5.05. The molecule has 0 heterocycles. The number of ketones is 1. The number of hydrogen-bond donors (Lipinski definition) is 0. The molecule has 2 nitrogen and oxygen atoms in total. The van der Waals surface area contributed by atoms with Gasteiger partial charge in [0.05, 0.1) is 5.60 Å². The lowest BCUT2D eigenvalue weighted by Gasteiger charge is -2.36. The van der Waals surface area contributed by atoms with Gasteiger partial charge in [-0.15, -0.1) is 0 Å². The summed E-state index contributed by atoms with van der Waals surface area (Å²) in [7, 11) is 1.72. The molecule has 0 amide bonds. The molecule has 2 unspecified atom stereocenters. The summed E-state index contributed by atoms with van der Waals surface area (Å²) in [6.45, 7) is 6.17. The van der Waals surface area contributed by atoms with Gasteiger partial charge in [0.25, 0.3) is 0 Å². The Morgan fingerprint density at radius 3 is 2.46 bits per heavy atom. The van der Waals surface area contributed by atoms with Crippen LogP contribution in [0.15, 0.2) is 0 Å². The number of Topliss-reactive ketones (excluding diaryl/α,β-unsaturated/α-hetero) is 1. The van der Waals surface area contributed by atoms with Crippen molar-refractivity contribution in [1.29, 1.82) is 0 Å². The van der Waals surface area contributed by atoms with Gasteiger partial charge in [-0.2, -0.15) is 0 Å². The van der Waals surface area contributed by atoms with E-state index >= 15 is 0 Å². The van der Waals surface area contributed by atoms with Gasteiger partial charge >= 0.3 is 0 Å². The second kappa shape index (κ2) is 3.79. The van der Waals surface area contributed by atoms with Gasteiger partial charge < -0.3 is 4.74 Å². The van der Waals surface area contributed by atoms with Crippen LogP contribution in [0.2, 0.25) is 0 Å². The van der Waals surface area contributed by atoms with Crippen LogP contribution in [0.4, 0.5) is 0 Å². The van der Waals surface area contributed by atoms with E-state index in [2.05, 4.69) is 13.8 Å². The first-order chi connectivity index (χ1) is 5.97. The SMILES string of the molecule is COC(C)(C)C1CCC(C)C(=O)C1. The van der Waals surface area contributed by atoms with Gasteiger partial charge in [-0.1, -0.05) is 6.92 Å². The fraction of sp³-hybridized carbons (Fsp3) is 0.909. The van der Waals surface area contributed by atoms with E-state index in [1.165, 1.54) is 0 Å². The second-order valence-corrected chi connectivity index (χ2v) is 4.65. The Kier molecular flexibility index (Phi) is 3.12. The number of hydrogen-bond acceptors (Lipinski definition) is 2. The molecule has 2 heteroatoms. The zero-order valence-electron chi connectivity index (χ0n) is 9.09. The molecular weight excluding hydrogens is 164 g/mol. The Labute approximate surface area is 80.7 Å². The molecule has 1 rings (SSSR count). The molecule has 0 N–H and O–H groups in total. The van der Waals surface area contributed by atoms with E-state index in [-0.39, 0.29) is 11.5 Å². The number of carbonyl (C=O) groups excluding carboxylic acids is 1. The predicted octanol–water partition coefficient (Wildman–Crippen LogP) is 2.42. The van der Waals surface area contributed by atoms with Gasteiger partial charge in [0, 0.05) is 19.4 Å². The molecule has 0 saturated heterocycles. The lowest BCUT2D eigenvalue weighted by Crippen LogP contribution is -2.38. The van der Waals surface area contributed by atoms with E-state index < -0.39 is 0 Å². The zero-order chi connectivity index (χ0) is 10.1. The second-order valence-electron chi connectivity index (χ2n) is 4.65. The minimum Gasteiger partial charge on any atom is -0.379 e. The highest BCUT2D eigenvalue weighted by Crippen LogP contribution is 2.34. The summed E-state index contributed by atoms with van der Waals surface area (Å²) in [4.78, 5) is 11.5. The van der Waals surface area contributed by atoms with Crippen molar-refractivity contribution in [1.82, 2.24) is 0 Å². The van der Waals surface area contributed by atoms with Gasteiger partial charge in [0.2, 0.25) is 0 Å². The van der Waals surface area contributed by atoms with Gasteiger partial charge in [0.1, 0.15) is 5.78 Å². The molecule has 1 fully saturated rings. The quantitative estimate of drug-likeness (QED) is 0.658. The minimum absolute atomic E-state index is 0.143. The van der Waals surface area contributed by atoms with E-state index in [1.54, 1.807) is 7.11 Å². The Balaban J connectivity index is 2.60. The lowest BCUT2D eigenvalue weighted by atomic mass is 9.74. The maximum atomic E-state index is 11.5. The molecule has 0 radical (unpaired) electrons. The number of methoxy groups -OCH3 is 1. The summed E-state index contributed by atoms with van der Waals surface area (Å²) >= 11 is 0. The summed E-state index contributed by atoms with van der Waals surface area (Å²) in [5.74, 6) is 1.08. The molecule has 1 aliphatic carbocycles. The van der Waals surface area contributed by atoms with E-state index in [9.17, 15) is 4.79 Å². The standard InChI is InChI=1S/C11H20O2/c1-8-5-6-9(7-10(8)12)11(2,3)13-4/h8-9H,5-7H2,1-4H3. The van der Waals surface area contributed by atoms with Crippen LogP contribution in [0.3, 0.4) is 0 Å². The molecule has 1 aliphatic rings. The lowest BCUT2D eigenvalue weighted by molar-refractivity contribution is -0.130. The van der Waals surface area contributed by atoms with E-state index in [0.29, 0.717) is 18.1 Å². The summed E-state index contributed by atoms with van der Waals surface area (Å²) in [6.07, 6.45) is 2.84. The summed E-state index contributed by atoms with van der Waals surface area (Å²) in [5.41, 5.74) is -0.143. The van der Waals surface area contributed by atoms with E-state index in [1.807, 2.05) is 6.92 Å². The van der Waals surface area contributed by atoms with Crippen molar-refractivity contribution in [3.8, 4) is 0 Å². The smallest absolute Gasteiger partial charge is 0.136 e. The first kappa shape index (κ1) is 10.7. The summed E-state index contributed by atoms with van der Waals surface area (Å²) in [6, 6.07) is 0. The third-order valence-electron chi connectivity index (χ3n) is 3.45. The average Bonchev–Trinajstić information content (AvgIpc) is 2.09. The molecule has 0 aromatic heterocycles. The Morgan fingerprint density at radius 1 is 1.38 bits per heavy atom. The van der Waals surface area contributed by atoms with Gasteiger partial charge in [0.15, 0.2) is 0 Å².